The van der Waals surface area contributed by atoms with Crippen molar-refractivity contribution in [3.05, 3.63) is 57.5 Å². The van der Waals surface area contributed by atoms with E-state index in [0.29, 0.717) is 0 Å². The predicted molar refractivity (Wildman–Crippen MR) is 83.3 cm³/mol. The van der Waals surface area contributed by atoms with Crippen LogP contribution in [0, 0.1) is 5.82 Å². The van der Waals surface area contributed by atoms with Crippen LogP contribution in [0.2, 0.25) is 5.02 Å². The van der Waals surface area contributed by atoms with Gasteiger partial charge in [0.25, 0.3) is 0 Å². The van der Waals surface area contributed by atoms with Gasteiger partial charge in [-0.15, -0.1) is 0 Å². The first-order chi connectivity index (χ1) is 10.5. The van der Waals surface area contributed by atoms with E-state index in [2.05, 4.69) is 4.98 Å². The van der Waals surface area contributed by atoms with Crippen LogP contribution >= 0.6 is 23.8 Å². The van der Waals surface area contributed by atoms with Crippen molar-refractivity contribution < 1.29 is 13.5 Å². The summed E-state index contributed by atoms with van der Waals surface area (Å²) in [5.74, 6) is -0.587. The van der Waals surface area contributed by atoms with Gasteiger partial charge in [0.15, 0.2) is 5.05 Å². The lowest BCUT2D eigenvalue weighted by atomic mass is 10.1. The van der Waals surface area contributed by atoms with Crippen LogP contribution < -0.4 is 5.43 Å². The number of benzene rings is 1. The average molecular weight is 339 g/mol. The number of fused-ring (bicyclic) bond motifs is 1. The Hall–Kier alpha value is -2.25. The zero-order valence-electron chi connectivity index (χ0n) is 11.2. The van der Waals surface area contributed by atoms with Crippen LogP contribution in [0.4, 0.5) is 4.39 Å². The highest BCUT2D eigenvalue weighted by atomic mass is 35.5. The molecule has 1 aromatic carbocycles. The predicted octanol–water partition coefficient (Wildman–Crippen LogP) is 3.09. The smallest absolute Gasteiger partial charge is 0.221 e. The maximum absolute atomic E-state index is 13.6. The molecule has 2 aromatic heterocycles. The second-order valence-electron chi connectivity index (χ2n) is 4.34. The molecule has 0 N–H and O–H groups in total. The molecule has 0 amide bonds. The summed E-state index contributed by atoms with van der Waals surface area (Å²) in [7, 11) is 1.34. The molecule has 3 rings (SSSR count). The van der Waals surface area contributed by atoms with Gasteiger partial charge in [0.05, 0.1) is 17.5 Å². The standard InChI is InChI=1S/C14H8ClFN2O3S/c1-20-14(22)11-12(19)7-4-9(16)8(15)5-10(7)21-13(11)18-3-2-17-6-18/h2-6H,1H3. The summed E-state index contributed by atoms with van der Waals surface area (Å²) in [6.07, 6.45) is 4.54. The van der Waals surface area contributed by atoms with Crippen molar-refractivity contribution in [3.63, 3.8) is 0 Å². The Morgan fingerprint density at radius 2 is 2.27 bits per heavy atom. The molecule has 8 heteroatoms. The molecule has 0 aliphatic heterocycles. The van der Waals surface area contributed by atoms with Crippen LogP contribution in [0.5, 0.6) is 0 Å². The summed E-state index contributed by atoms with van der Waals surface area (Å²) in [6.45, 7) is 0. The molecule has 0 unspecified atom stereocenters. The van der Waals surface area contributed by atoms with E-state index in [1.807, 2.05) is 0 Å². The first-order valence-electron chi connectivity index (χ1n) is 6.05. The van der Waals surface area contributed by atoms with Gasteiger partial charge >= 0.3 is 0 Å². The van der Waals surface area contributed by atoms with E-state index < -0.39 is 11.2 Å². The van der Waals surface area contributed by atoms with E-state index in [4.69, 9.17) is 33.0 Å². The molecular weight excluding hydrogens is 331 g/mol. The molecule has 3 aromatic rings. The van der Waals surface area contributed by atoms with Crippen molar-refractivity contribution >= 4 is 39.8 Å². The molecule has 0 radical (unpaired) electrons. The third-order valence-electron chi connectivity index (χ3n) is 3.04. The molecule has 0 saturated carbocycles. The molecule has 0 atom stereocenters. The minimum atomic E-state index is -0.717. The molecule has 5 nitrogen and oxygen atoms in total. The number of rotatable bonds is 2. The Bertz CT molecular complexity index is 937. The highest BCUT2D eigenvalue weighted by Gasteiger charge is 2.21. The van der Waals surface area contributed by atoms with Crippen LogP contribution in [-0.2, 0) is 4.74 Å². The molecule has 0 fully saturated rings. The maximum atomic E-state index is 13.6. The lowest BCUT2D eigenvalue weighted by Crippen LogP contribution is -2.19. The highest BCUT2D eigenvalue weighted by molar-refractivity contribution is 7.80. The van der Waals surface area contributed by atoms with Crippen molar-refractivity contribution in [3.8, 4) is 5.88 Å². The summed E-state index contributed by atoms with van der Waals surface area (Å²) in [5.41, 5.74) is -0.347. The fraction of sp³-hybridized carbons (Fsp3) is 0.0714. The molecule has 0 spiro atoms. The quantitative estimate of drug-likeness (QED) is 0.672. The second-order valence-corrected chi connectivity index (χ2v) is 5.11. The number of hydrogen-bond acceptors (Lipinski definition) is 5. The minimum absolute atomic E-state index is 0.0183. The molecule has 112 valence electrons. The number of methoxy groups -OCH3 is 1. The van der Waals surface area contributed by atoms with Crippen molar-refractivity contribution in [1.82, 2.24) is 9.55 Å². The molecule has 2 heterocycles. The van der Waals surface area contributed by atoms with Crippen molar-refractivity contribution in [2.75, 3.05) is 7.11 Å². The van der Waals surface area contributed by atoms with Crippen LogP contribution in [0.25, 0.3) is 16.9 Å². The van der Waals surface area contributed by atoms with Gasteiger partial charge in [0.2, 0.25) is 11.3 Å². The number of imidazole rings is 1. The third kappa shape index (κ3) is 2.28. The summed E-state index contributed by atoms with van der Waals surface area (Å²) in [6, 6.07) is 2.26. The van der Waals surface area contributed by atoms with Gasteiger partial charge < -0.3 is 9.15 Å². The molecule has 22 heavy (non-hydrogen) atoms. The number of halogens is 2. The van der Waals surface area contributed by atoms with E-state index in [1.54, 1.807) is 6.20 Å². The Kier molecular flexibility index (Phi) is 3.67. The normalized spacial score (nSPS) is 10.9. The Morgan fingerprint density at radius 3 is 2.91 bits per heavy atom. The molecule has 0 saturated heterocycles. The SMILES string of the molecule is COC(=S)c1c(-n2ccnc2)oc2cc(Cl)c(F)cc2c1=O. The fourth-order valence-electron chi connectivity index (χ4n) is 2.02. The zero-order valence-corrected chi connectivity index (χ0v) is 12.7. The van der Waals surface area contributed by atoms with E-state index in [-0.39, 0.29) is 32.5 Å². The van der Waals surface area contributed by atoms with E-state index in [9.17, 15) is 9.18 Å². The van der Waals surface area contributed by atoms with Gasteiger partial charge in [-0.3, -0.25) is 9.36 Å². The molecule has 0 aliphatic carbocycles. The number of hydrogen-bond donors (Lipinski definition) is 0. The number of nitrogens with zero attached hydrogens (tertiary/aromatic N) is 2. The summed E-state index contributed by atoms with van der Waals surface area (Å²) in [4.78, 5) is 16.5. The minimum Gasteiger partial charge on any atom is -0.486 e. The molecule has 0 aliphatic rings. The largest absolute Gasteiger partial charge is 0.486 e. The monoisotopic (exact) mass is 338 g/mol. The van der Waals surface area contributed by atoms with Gasteiger partial charge in [-0.05, 0) is 18.3 Å². The fourth-order valence-corrected chi connectivity index (χ4v) is 2.35. The lowest BCUT2D eigenvalue weighted by Gasteiger charge is -2.10. The van der Waals surface area contributed by atoms with Gasteiger partial charge in [-0.1, -0.05) is 11.6 Å². The van der Waals surface area contributed by atoms with E-state index >= 15 is 0 Å². The number of ether oxygens (including phenoxy) is 1. The van der Waals surface area contributed by atoms with E-state index in [1.165, 1.54) is 30.3 Å². The second kappa shape index (κ2) is 5.51. The first kappa shape index (κ1) is 14.7. The topological polar surface area (TPSA) is 57.3 Å². The molecular formula is C14H8ClFN2O3S. The van der Waals surface area contributed by atoms with Crippen LogP contribution in [0.3, 0.4) is 0 Å². The Morgan fingerprint density at radius 1 is 1.50 bits per heavy atom. The third-order valence-corrected chi connectivity index (χ3v) is 3.70. The van der Waals surface area contributed by atoms with Crippen LogP contribution in [0.15, 0.2) is 40.1 Å². The first-order valence-corrected chi connectivity index (χ1v) is 6.84. The summed E-state index contributed by atoms with van der Waals surface area (Å²) >= 11 is 10.8. The average Bonchev–Trinajstić information content (AvgIpc) is 3.02. The summed E-state index contributed by atoms with van der Waals surface area (Å²) in [5, 5.41) is -0.177. The van der Waals surface area contributed by atoms with Gasteiger partial charge in [-0.2, -0.15) is 0 Å². The molecule has 0 bridgehead atoms. The van der Waals surface area contributed by atoms with Gasteiger partial charge in [0.1, 0.15) is 23.3 Å². The van der Waals surface area contributed by atoms with E-state index in [0.717, 1.165) is 6.07 Å². The zero-order chi connectivity index (χ0) is 15.9. The van der Waals surface area contributed by atoms with Crippen molar-refractivity contribution in [2.24, 2.45) is 0 Å². The maximum Gasteiger partial charge on any atom is 0.221 e. The van der Waals surface area contributed by atoms with Crippen molar-refractivity contribution in [1.29, 1.82) is 0 Å². The number of thiocarbonyl (C=S) groups is 1. The van der Waals surface area contributed by atoms with Crippen LogP contribution in [0.1, 0.15) is 5.56 Å². The summed E-state index contributed by atoms with van der Waals surface area (Å²) < 4.78 is 25.8. The Labute approximate surface area is 133 Å². The van der Waals surface area contributed by atoms with Crippen molar-refractivity contribution in [2.45, 2.75) is 0 Å². The number of aromatic nitrogens is 2. The van der Waals surface area contributed by atoms with Crippen LogP contribution in [-0.4, -0.2) is 21.7 Å². The van der Waals surface area contributed by atoms with Gasteiger partial charge in [-0.25, -0.2) is 9.37 Å². The van der Waals surface area contributed by atoms with Gasteiger partial charge in [0, 0.05) is 18.5 Å². The highest BCUT2D eigenvalue weighted by Crippen LogP contribution is 2.25. The Balaban J connectivity index is 2.45. The lowest BCUT2D eigenvalue weighted by molar-refractivity contribution is 0.413.